The fraction of sp³-hybridized carbons (Fsp3) is 0.875. The number of rotatable bonds is 12. The summed E-state index contributed by atoms with van der Waals surface area (Å²) in [6, 6.07) is 0. The van der Waals surface area contributed by atoms with Gasteiger partial charge in [0, 0.05) is 6.54 Å². The van der Waals surface area contributed by atoms with Crippen LogP contribution in [0, 0.1) is 0 Å². The van der Waals surface area contributed by atoms with Gasteiger partial charge in [-0.1, -0.05) is 64.7 Å². The van der Waals surface area contributed by atoms with E-state index in [0.717, 1.165) is 13.0 Å². The van der Waals surface area contributed by atoms with Gasteiger partial charge in [0.15, 0.2) is 5.96 Å². The zero-order chi connectivity index (χ0) is 17.2. The average molecular weight is 317 g/mol. The van der Waals surface area contributed by atoms with Crippen molar-refractivity contribution in [1.29, 1.82) is 0 Å². The SMILES string of the molecule is CC(O)C(=O)O.CCCCCCCCCCCCN=C(N)N. The van der Waals surface area contributed by atoms with Crippen molar-refractivity contribution in [2.75, 3.05) is 6.54 Å². The van der Waals surface area contributed by atoms with Gasteiger partial charge in [-0.25, -0.2) is 4.79 Å². The van der Waals surface area contributed by atoms with Crippen LogP contribution >= 0.6 is 0 Å². The first-order chi connectivity index (χ1) is 10.4. The lowest BCUT2D eigenvalue weighted by molar-refractivity contribution is -0.145. The summed E-state index contributed by atoms with van der Waals surface area (Å²) in [7, 11) is 0. The van der Waals surface area contributed by atoms with Gasteiger partial charge in [-0.05, 0) is 13.3 Å². The van der Waals surface area contributed by atoms with Crippen LogP contribution in [0.15, 0.2) is 4.99 Å². The van der Waals surface area contributed by atoms with Crippen molar-refractivity contribution in [3.8, 4) is 0 Å². The highest BCUT2D eigenvalue weighted by Gasteiger charge is 2.01. The first kappa shape index (κ1) is 23.0. The van der Waals surface area contributed by atoms with Gasteiger partial charge in [-0.3, -0.25) is 4.99 Å². The number of nitrogens with zero attached hydrogens (tertiary/aromatic N) is 1. The lowest BCUT2D eigenvalue weighted by atomic mass is 10.1. The Labute approximate surface area is 135 Å². The van der Waals surface area contributed by atoms with Crippen molar-refractivity contribution < 1.29 is 15.0 Å². The zero-order valence-electron chi connectivity index (χ0n) is 14.3. The number of aliphatic hydroxyl groups is 1. The van der Waals surface area contributed by atoms with E-state index < -0.39 is 12.1 Å². The second-order valence-corrected chi connectivity index (χ2v) is 5.50. The highest BCUT2D eigenvalue weighted by atomic mass is 16.4. The number of carboxylic acid groups (broad SMARTS) is 1. The molecule has 0 aromatic rings. The molecule has 0 amide bonds. The van der Waals surface area contributed by atoms with Crippen molar-refractivity contribution in [2.45, 2.75) is 84.2 Å². The summed E-state index contributed by atoms with van der Waals surface area (Å²) >= 11 is 0. The first-order valence-electron chi connectivity index (χ1n) is 8.38. The number of carboxylic acids is 1. The van der Waals surface area contributed by atoms with Crippen LogP contribution in [-0.4, -0.2) is 34.8 Å². The van der Waals surface area contributed by atoms with Crippen LogP contribution in [0.3, 0.4) is 0 Å². The molecule has 0 fully saturated rings. The van der Waals surface area contributed by atoms with Crippen LogP contribution in [0.5, 0.6) is 0 Å². The number of nitrogens with two attached hydrogens (primary N) is 2. The zero-order valence-corrected chi connectivity index (χ0v) is 14.3. The predicted molar refractivity (Wildman–Crippen MR) is 91.8 cm³/mol. The van der Waals surface area contributed by atoms with Gasteiger partial charge < -0.3 is 21.7 Å². The molecular weight excluding hydrogens is 282 g/mol. The molecule has 6 N–H and O–H groups in total. The molecule has 0 saturated heterocycles. The van der Waals surface area contributed by atoms with Crippen LogP contribution in [0.1, 0.15) is 78.1 Å². The largest absolute Gasteiger partial charge is 0.479 e. The van der Waals surface area contributed by atoms with Crippen LogP contribution in [-0.2, 0) is 4.79 Å². The third-order valence-electron chi connectivity index (χ3n) is 3.16. The number of carbonyl (C=O) groups is 1. The summed E-state index contributed by atoms with van der Waals surface area (Å²) in [4.78, 5) is 13.4. The molecular formula is C16H35N3O3. The normalized spacial score (nSPS) is 11.2. The number of aliphatic hydroxyl groups excluding tert-OH is 1. The first-order valence-corrected chi connectivity index (χ1v) is 8.38. The fourth-order valence-corrected chi connectivity index (χ4v) is 1.81. The molecule has 0 spiro atoms. The van der Waals surface area contributed by atoms with E-state index in [0.29, 0.717) is 0 Å². The third-order valence-corrected chi connectivity index (χ3v) is 3.16. The molecule has 0 aliphatic carbocycles. The Morgan fingerprint density at radius 2 is 1.32 bits per heavy atom. The summed E-state index contributed by atoms with van der Waals surface area (Å²) < 4.78 is 0. The Balaban J connectivity index is 0. The third kappa shape index (κ3) is 23.8. The molecule has 0 aliphatic heterocycles. The van der Waals surface area contributed by atoms with E-state index in [4.69, 9.17) is 21.7 Å². The number of hydrogen-bond donors (Lipinski definition) is 4. The molecule has 1 atom stereocenters. The van der Waals surface area contributed by atoms with Crippen LogP contribution < -0.4 is 11.5 Å². The monoisotopic (exact) mass is 317 g/mol. The standard InChI is InChI=1S/C13H29N3.C3H6O3/c1-2-3-4-5-6-7-8-9-10-11-12-16-13(14)15;1-2(4)3(5)6/h2-12H2,1H3,(H4,14,15,16);2,4H,1H3,(H,5,6). The van der Waals surface area contributed by atoms with Gasteiger partial charge in [0.1, 0.15) is 6.10 Å². The minimum absolute atomic E-state index is 0.218. The molecule has 6 nitrogen and oxygen atoms in total. The van der Waals surface area contributed by atoms with E-state index in [1.165, 1.54) is 64.7 Å². The van der Waals surface area contributed by atoms with Gasteiger partial charge in [0.2, 0.25) is 0 Å². The molecule has 0 bridgehead atoms. The molecule has 0 aromatic carbocycles. The van der Waals surface area contributed by atoms with E-state index in [9.17, 15) is 4.79 Å². The molecule has 1 unspecified atom stereocenters. The second-order valence-electron chi connectivity index (χ2n) is 5.50. The van der Waals surface area contributed by atoms with E-state index >= 15 is 0 Å². The number of aliphatic carboxylic acids is 1. The maximum atomic E-state index is 9.45. The van der Waals surface area contributed by atoms with Crippen LogP contribution in [0.4, 0.5) is 0 Å². The van der Waals surface area contributed by atoms with Crippen molar-refractivity contribution >= 4 is 11.9 Å². The highest BCUT2D eigenvalue weighted by molar-refractivity contribution is 5.75. The van der Waals surface area contributed by atoms with Crippen LogP contribution in [0.25, 0.3) is 0 Å². The number of hydrogen-bond acceptors (Lipinski definition) is 3. The molecule has 132 valence electrons. The summed E-state index contributed by atoms with van der Waals surface area (Å²) in [6.07, 6.45) is 12.2. The minimum Gasteiger partial charge on any atom is -0.479 e. The number of guanidine groups is 1. The van der Waals surface area contributed by atoms with Gasteiger partial charge in [0.05, 0.1) is 0 Å². The number of unbranched alkanes of at least 4 members (excludes halogenated alkanes) is 9. The van der Waals surface area contributed by atoms with Gasteiger partial charge in [-0.2, -0.15) is 0 Å². The summed E-state index contributed by atoms with van der Waals surface area (Å²) in [5, 5.41) is 15.8. The predicted octanol–water partition coefficient (Wildman–Crippen LogP) is 2.63. The quantitative estimate of drug-likeness (QED) is 0.250. The Bertz CT molecular complexity index is 278. The molecule has 22 heavy (non-hydrogen) atoms. The summed E-state index contributed by atoms with van der Waals surface area (Å²) in [5.41, 5.74) is 10.5. The van der Waals surface area contributed by atoms with Crippen molar-refractivity contribution in [3.63, 3.8) is 0 Å². The maximum Gasteiger partial charge on any atom is 0.332 e. The number of aliphatic imine (C=N–C) groups is 1. The fourth-order valence-electron chi connectivity index (χ4n) is 1.81. The lowest BCUT2D eigenvalue weighted by Crippen LogP contribution is -2.22. The van der Waals surface area contributed by atoms with Crippen molar-refractivity contribution in [2.24, 2.45) is 16.5 Å². The topological polar surface area (TPSA) is 122 Å². The van der Waals surface area contributed by atoms with Gasteiger partial charge in [-0.15, -0.1) is 0 Å². The van der Waals surface area contributed by atoms with E-state index in [1.807, 2.05) is 0 Å². The highest BCUT2D eigenvalue weighted by Crippen LogP contribution is 2.10. The Morgan fingerprint density at radius 3 is 1.64 bits per heavy atom. The molecule has 0 rings (SSSR count). The maximum absolute atomic E-state index is 9.45. The second kappa shape index (κ2) is 17.8. The molecule has 0 heterocycles. The summed E-state index contributed by atoms with van der Waals surface area (Å²) in [6.45, 7) is 4.25. The van der Waals surface area contributed by atoms with Crippen LogP contribution in [0.2, 0.25) is 0 Å². The molecule has 6 heteroatoms. The Morgan fingerprint density at radius 1 is 0.955 bits per heavy atom. The van der Waals surface area contributed by atoms with E-state index in [-0.39, 0.29) is 5.96 Å². The van der Waals surface area contributed by atoms with Gasteiger partial charge in [0.25, 0.3) is 0 Å². The molecule has 0 aliphatic rings. The average Bonchev–Trinajstić information content (AvgIpc) is 2.45. The lowest BCUT2D eigenvalue weighted by Gasteiger charge is -2.01. The van der Waals surface area contributed by atoms with Crippen molar-refractivity contribution in [3.05, 3.63) is 0 Å². The summed E-state index contributed by atoms with van der Waals surface area (Å²) in [5.74, 6) is -0.967. The Hall–Kier alpha value is -1.30. The van der Waals surface area contributed by atoms with Gasteiger partial charge >= 0.3 is 5.97 Å². The molecule has 0 saturated carbocycles. The van der Waals surface area contributed by atoms with E-state index in [2.05, 4.69) is 11.9 Å². The van der Waals surface area contributed by atoms with Crippen molar-refractivity contribution in [1.82, 2.24) is 0 Å². The van der Waals surface area contributed by atoms with E-state index in [1.54, 1.807) is 0 Å². The minimum atomic E-state index is -1.23. The molecule has 0 radical (unpaired) electrons. The molecule has 0 aromatic heterocycles. The smallest absolute Gasteiger partial charge is 0.332 e. The Kier molecular flexibility index (Phi) is 18.5.